The molecule has 0 nitrogen and oxygen atoms in total. The minimum Gasteiger partial charge on any atom is -0.206 e. The Morgan fingerprint density at radius 2 is 2.09 bits per heavy atom. The zero-order valence-corrected chi connectivity index (χ0v) is 7.45. The molecule has 11 heavy (non-hydrogen) atoms. The summed E-state index contributed by atoms with van der Waals surface area (Å²) in [4.78, 5) is 0. The van der Waals surface area contributed by atoms with Crippen molar-refractivity contribution in [3.05, 3.63) is 35.7 Å². The van der Waals surface area contributed by atoms with Crippen molar-refractivity contribution in [3.8, 4) is 0 Å². The zero-order valence-electron chi connectivity index (χ0n) is 7.45. The van der Waals surface area contributed by atoms with Crippen LogP contribution in [0.3, 0.4) is 0 Å². The lowest BCUT2D eigenvalue weighted by atomic mass is 10.1. The van der Waals surface area contributed by atoms with Crippen LogP contribution in [-0.4, -0.2) is 0 Å². The van der Waals surface area contributed by atoms with Crippen molar-refractivity contribution in [2.75, 3.05) is 0 Å². The molecule has 0 amide bonds. The van der Waals surface area contributed by atoms with Gasteiger partial charge in [-0.1, -0.05) is 25.7 Å². The highest BCUT2D eigenvalue weighted by molar-refractivity contribution is 5.32. The van der Waals surface area contributed by atoms with Crippen molar-refractivity contribution in [3.63, 3.8) is 0 Å². The molecular weight excluding hydrogens is 139 g/mol. The van der Waals surface area contributed by atoms with Gasteiger partial charge in [0.25, 0.3) is 0 Å². The van der Waals surface area contributed by atoms with E-state index in [0.717, 1.165) is 0 Å². The SMILES string of the molecule is C=C(CC)/C(F)=C(C)\C=C/C. The second kappa shape index (κ2) is 4.89. The molecule has 0 heterocycles. The van der Waals surface area contributed by atoms with E-state index in [-0.39, 0.29) is 5.83 Å². The Morgan fingerprint density at radius 1 is 1.55 bits per heavy atom. The molecule has 0 aromatic rings. The Labute approximate surface area is 68.1 Å². The Hall–Kier alpha value is -0.850. The van der Waals surface area contributed by atoms with E-state index in [4.69, 9.17) is 0 Å². The molecule has 0 aromatic heterocycles. The van der Waals surface area contributed by atoms with Gasteiger partial charge in [-0.15, -0.1) is 0 Å². The molecule has 1 heteroatoms. The molecule has 0 radical (unpaired) electrons. The van der Waals surface area contributed by atoms with E-state index in [1.165, 1.54) is 0 Å². The summed E-state index contributed by atoms with van der Waals surface area (Å²) in [7, 11) is 0. The van der Waals surface area contributed by atoms with Crippen LogP contribution < -0.4 is 0 Å². The van der Waals surface area contributed by atoms with Crippen molar-refractivity contribution in [2.24, 2.45) is 0 Å². The highest BCUT2D eigenvalue weighted by Gasteiger charge is 2.00. The number of allylic oxidation sites excluding steroid dienone is 5. The predicted octanol–water partition coefficient (Wildman–Crippen LogP) is 3.77. The highest BCUT2D eigenvalue weighted by Crippen LogP contribution is 2.17. The fraction of sp³-hybridized carbons (Fsp3) is 0.400. The molecule has 0 saturated heterocycles. The van der Waals surface area contributed by atoms with E-state index in [1.807, 2.05) is 19.9 Å². The average Bonchev–Trinajstić information content (AvgIpc) is 2.02. The van der Waals surface area contributed by atoms with E-state index in [0.29, 0.717) is 17.6 Å². The van der Waals surface area contributed by atoms with Crippen LogP contribution in [0.2, 0.25) is 0 Å². The van der Waals surface area contributed by atoms with Crippen LogP contribution in [0.4, 0.5) is 4.39 Å². The molecule has 0 spiro atoms. The van der Waals surface area contributed by atoms with Gasteiger partial charge in [-0.2, -0.15) is 0 Å². The largest absolute Gasteiger partial charge is 0.206 e. The maximum atomic E-state index is 13.1. The third kappa shape index (κ3) is 3.17. The number of halogens is 1. The summed E-state index contributed by atoms with van der Waals surface area (Å²) < 4.78 is 13.1. The fourth-order valence-electron chi connectivity index (χ4n) is 0.757. The van der Waals surface area contributed by atoms with Crippen molar-refractivity contribution in [1.29, 1.82) is 0 Å². The molecule has 0 fully saturated rings. The average molecular weight is 154 g/mol. The van der Waals surface area contributed by atoms with E-state index in [1.54, 1.807) is 13.0 Å². The van der Waals surface area contributed by atoms with Crippen LogP contribution in [0.25, 0.3) is 0 Å². The molecule has 0 saturated carbocycles. The van der Waals surface area contributed by atoms with Crippen molar-refractivity contribution in [1.82, 2.24) is 0 Å². The van der Waals surface area contributed by atoms with Gasteiger partial charge in [-0.3, -0.25) is 0 Å². The maximum Gasteiger partial charge on any atom is 0.128 e. The summed E-state index contributed by atoms with van der Waals surface area (Å²) in [5.74, 6) is -0.175. The van der Waals surface area contributed by atoms with Crippen molar-refractivity contribution < 1.29 is 4.39 Å². The molecule has 0 aromatic carbocycles. The van der Waals surface area contributed by atoms with Gasteiger partial charge in [0, 0.05) is 0 Å². The Bertz CT molecular complexity index is 197. The van der Waals surface area contributed by atoms with Gasteiger partial charge in [-0.05, 0) is 31.4 Å². The molecule has 0 N–H and O–H groups in total. The zero-order chi connectivity index (χ0) is 8.85. The second-order valence-corrected chi connectivity index (χ2v) is 2.45. The van der Waals surface area contributed by atoms with Crippen molar-refractivity contribution >= 4 is 0 Å². The molecule has 0 aliphatic carbocycles. The van der Waals surface area contributed by atoms with E-state index in [2.05, 4.69) is 6.58 Å². The summed E-state index contributed by atoms with van der Waals surface area (Å²) in [6.45, 7) is 9.12. The van der Waals surface area contributed by atoms with Gasteiger partial charge in [0.15, 0.2) is 0 Å². The molecular formula is C10H15F. The van der Waals surface area contributed by atoms with Crippen LogP contribution in [0, 0.1) is 0 Å². The predicted molar refractivity (Wildman–Crippen MR) is 48.1 cm³/mol. The second-order valence-electron chi connectivity index (χ2n) is 2.45. The molecule has 62 valence electrons. The summed E-state index contributed by atoms with van der Waals surface area (Å²) in [6, 6.07) is 0. The lowest BCUT2D eigenvalue weighted by molar-refractivity contribution is 0.635. The Morgan fingerprint density at radius 3 is 2.45 bits per heavy atom. The Balaban J connectivity index is 4.51. The molecule has 0 unspecified atom stereocenters. The monoisotopic (exact) mass is 154 g/mol. The van der Waals surface area contributed by atoms with Crippen LogP contribution in [-0.2, 0) is 0 Å². The van der Waals surface area contributed by atoms with E-state index in [9.17, 15) is 4.39 Å². The quantitative estimate of drug-likeness (QED) is 0.543. The minimum atomic E-state index is -0.175. The number of hydrogen-bond acceptors (Lipinski definition) is 0. The standard InChI is InChI=1S/C10H15F/c1-5-7-9(4)10(11)8(3)6-2/h5,7H,3,6H2,1-2,4H3/b7-5-,10-9+. The van der Waals surface area contributed by atoms with Crippen LogP contribution in [0.1, 0.15) is 27.2 Å². The highest BCUT2D eigenvalue weighted by atomic mass is 19.1. The third-order valence-corrected chi connectivity index (χ3v) is 1.50. The van der Waals surface area contributed by atoms with Gasteiger partial charge >= 0.3 is 0 Å². The molecule has 0 bridgehead atoms. The van der Waals surface area contributed by atoms with Crippen molar-refractivity contribution in [2.45, 2.75) is 27.2 Å². The lowest BCUT2D eigenvalue weighted by Crippen LogP contribution is -1.82. The van der Waals surface area contributed by atoms with Crippen LogP contribution in [0.15, 0.2) is 35.7 Å². The maximum absolute atomic E-state index is 13.1. The van der Waals surface area contributed by atoms with Gasteiger partial charge < -0.3 is 0 Å². The first kappa shape index (κ1) is 10.2. The summed E-state index contributed by atoms with van der Waals surface area (Å²) >= 11 is 0. The molecule has 0 atom stereocenters. The first-order valence-electron chi connectivity index (χ1n) is 3.80. The number of hydrogen-bond donors (Lipinski definition) is 0. The molecule has 0 rings (SSSR count). The lowest BCUT2D eigenvalue weighted by Gasteiger charge is -2.00. The van der Waals surface area contributed by atoms with Gasteiger partial charge in [0.05, 0.1) is 0 Å². The summed E-state index contributed by atoms with van der Waals surface area (Å²) in [5, 5.41) is 0. The van der Waals surface area contributed by atoms with E-state index >= 15 is 0 Å². The van der Waals surface area contributed by atoms with Gasteiger partial charge in [0.1, 0.15) is 5.83 Å². The topological polar surface area (TPSA) is 0 Å². The minimum absolute atomic E-state index is 0.175. The summed E-state index contributed by atoms with van der Waals surface area (Å²) in [6.07, 6.45) is 4.23. The fourth-order valence-corrected chi connectivity index (χ4v) is 0.757. The van der Waals surface area contributed by atoms with Crippen LogP contribution in [0.5, 0.6) is 0 Å². The van der Waals surface area contributed by atoms with Gasteiger partial charge in [0.2, 0.25) is 0 Å². The smallest absolute Gasteiger partial charge is 0.128 e. The third-order valence-electron chi connectivity index (χ3n) is 1.50. The number of rotatable bonds is 3. The molecule has 0 aliphatic heterocycles. The van der Waals surface area contributed by atoms with Gasteiger partial charge in [-0.25, -0.2) is 4.39 Å². The Kier molecular flexibility index (Phi) is 4.51. The van der Waals surface area contributed by atoms with E-state index < -0.39 is 0 Å². The summed E-state index contributed by atoms with van der Waals surface area (Å²) in [5.41, 5.74) is 1.22. The first-order chi connectivity index (χ1) is 5.13. The normalized spacial score (nSPS) is 13.5. The van der Waals surface area contributed by atoms with Crippen LogP contribution >= 0.6 is 0 Å². The molecule has 0 aliphatic rings. The first-order valence-corrected chi connectivity index (χ1v) is 3.80.